The molecule has 0 aliphatic carbocycles. The highest BCUT2D eigenvalue weighted by Crippen LogP contribution is 2.24. The van der Waals surface area contributed by atoms with Crippen molar-refractivity contribution in [2.45, 2.75) is 19.0 Å². The summed E-state index contributed by atoms with van der Waals surface area (Å²) in [4.78, 5) is 4.31. The van der Waals surface area contributed by atoms with Crippen molar-refractivity contribution >= 4 is 12.6 Å². The summed E-state index contributed by atoms with van der Waals surface area (Å²) in [5.41, 5.74) is 2.76. The molecule has 10 nitrogen and oxygen atoms in total. The first kappa shape index (κ1) is 19.9. The number of pyridine rings is 1. The van der Waals surface area contributed by atoms with Gasteiger partial charge in [0.05, 0.1) is 35.5 Å². The zero-order valence-corrected chi connectivity index (χ0v) is 15.8. The van der Waals surface area contributed by atoms with Crippen molar-refractivity contribution in [3.63, 3.8) is 0 Å². The lowest BCUT2D eigenvalue weighted by atomic mass is 9.81. The van der Waals surface area contributed by atoms with E-state index in [9.17, 15) is 18.8 Å². The van der Waals surface area contributed by atoms with E-state index in [4.69, 9.17) is 0 Å². The average molecular weight is 414 g/mol. The maximum absolute atomic E-state index is 12.9. The van der Waals surface area contributed by atoms with Gasteiger partial charge in [0.25, 0.3) is 0 Å². The Morgan fingerprint density at radius 3 is 2.53 bits per heavy atom. The topological polar surface area (TPSA) is 120 Å². The Bertz CT molecular complexity index is 1120. The van der Waals surface area contributed by atoms with Gasteiger partial charge < -0.3 is 10.0 Å². The predicted octanol–water partition coefficient (Wildman–Crippen LogP) is 0.177. The van der Waals surface area contributed by atoms with Crippen molar-refractivity contribution in [1.82, 2.24) is 39.5 Å². The molecule has 0 aliphatic rings. The number of nitrogens with zero attached hydrogens (tertiary/aromatic N) is 8. The van der Waals surface area contributed by atoms with Crippen molar-refractivity contribution in [3.05, 3.63) is 60.6 Å². The third-order valence-electron chi connectivity index (χ3n) is 4.65. The van der Waals surface area contributed by atoms with E-state index in [-0.39, 0.29) is 11.9 Å². The van der Waals surface area contributed by atoms with Gasteiger partial charge >= 0.3 is 13.7 Å². The van der Waals surface area contributed by atoms with Gasteiger partial charge in [-0.1, -0.05) is 11.3 Å². The monoisotopic (exact) mass is 414 g/mol. The van der Waals surface area contributed by atoms with Crippen LogP contribution in [0.2, 0.25) is 0 Å². The molecule has 4 aromatic heterocycles. The van der Waals surface area contributed by atoms with Gasteiger partial charge in [-0.15, -0.1) is 5.10 Å². The SMILES string of the molecule is Cn1nncc1-c1cnn(C(Cc2ccn(C(F)F)n2)c2ccc(B(O)O)cn2)c1. The van der Waals surface area contributed by atoms with E-state index < -0.39 is 19.7 Å². The Morgan fingerprint density at radius 2 is 1.93 bits per heavy atom. The molecule has 13 heteroatoms. The highest BCUT2D eigenvalue weighted by atomic mass is 19.3. The lowest BCUT2D eigenvalue weighted by Crippen LogP contribution is -2.30. The summed E-state index contributed by atoms with van der Waals surface area (Å²) in [6.07, 6.45) is 7.85. The van der Waals surface area contributed by atoms with Crippen LogP contribution in [0.3, 0.4) is 0 Å². The van der Waals surface area contributed by atoms with Crippen LogP contribution >= 0.6 is 0 Å². The van der Waals surface area contributed by atoms with E-state index in [1.807, 2.05) is 0 Å². The Kier molecular flexibility index (Phi) is 5.38. The normalized spacial score (nSPS) is 12.5. The zero-order valence-electron chi connectivity index (χ0n) is 15.8. The fraction of sp³-hybridized carbons (Fsp3) is 0.235. The second-order valence-electron chi connectivity index (χ2n) is 6.63. The van der Waals surface area contributed by atoms with E-state index >= 15 is 0 Å². The molecule has 0 aliphatic heterocycles. The number of aryl methyl sites for hydroxylation is 1. The molecule has 0 saturated heterocycles. The van der Waals surface area contributed by atoms with Crippen LogP contribution in [0.15, 0.2) is 49.2 Å². The average Bonchev–Trinajstić information content (AvgIpc) is 3.46. The first-order chi connectivity index (χ1) is 14.4. The molecule has 0 saturated carbocycles. The van der Waals surface area contributed by atoms with Gasteiger partial charge in [-0.25, -0.2) is 9.36 Å². The molecule has 2 N–H and O–H groups in total. The van der Waals surface area contributed by atoms with Gasteiger partial charge in [-0.3, -0.25) is 9.67 Å². The van der Waals surface area contributed by atoms with Crippen LogP contribution in [0.25, 0.3) is 11.3 Å². The molecule has 0 amide bonds. The van der Waals surface area contributed by atoms with Crippen molar-refractivity contribution in [3.8, 4) is 11.3 Å². The van der Waals surface area contributed by atoms with Crippen LogP contribution in [0, 0.1) is 0 Å². The molecule has 1 unspecified atom stereocenters. The molecule has 0 spiro atoms. The van der Waals surface area contributed by atoms with Crippen LogP contribution in [-0.4, -0.2) is 56.7 Å². The van der Waals surface area contributed by atoms with Crippen LogP contribution in [0.1, 0.15) is 24.0 Å². The molecule has 0 bridgehead atoms. The third kappa shape index (κ3) is 3.97. The van der Waals surface area contributed by atoms with Gasteiger partial charge in [0.2, 0.25) is 0 Å². The van der Waals surface area contributed by atoms with E-state index in [0.29, 0.717) is 16.1 Å². The molecule has 0 radical (unpaired) electrons. The number of hydrogen-bond donors (Lipinski definition) is 2. The maximum Gasteiger partial charge on any atom is 0.490 e. The summed E-state index contributed by atoms with van der Waals surface area (Å²) in [6, 6.07) is 4.22. The number of halogens is 2. The number of alkyl halides is 2. The summed E-state index contributed by atoms with van der Waals surface area (Å²) < 4.78 is 29.6. The molecular formula is C17H17BF2N8O2. The molecule has 1 atom stereocenters. The number of aromatic nitrogens is 8. The first-order valence-corrected chi connectivity index (χ1v) is 8.95. The number of rotatable bonds is 7. The number of hydrogen-bond acceptors (Lipinski definition) is 7. The standard InChI is InChI=1S/C17H17BF2N8O2/c1-26-16(9-22-25-26)11-7-23-28(10-11)15(6-13-4-5-27(24-13)17(19)20)14-3-2-12(8-21-14)18(29)30/h2-5,7-10,15,17,29-30H,6H2,1H3. The van der Waals surface area contributed by atoms with Gasteiger partial charge in [-0.2, -0.15) is 19.0 Å². The summed E-state index contributed by atoms with van der Waals surface area (Å²) >= 11 is 0. The van der Waals surface area contributed by atoms with Crippen LogP contribution in [0.4, 0.5) is 8.78 Å². The fourth-order valence-electron chi connectivity index (χ4n) is 3.09. The molecule has 0 aromatic carbocycles. The molecule has 4 aromatic rings. The highest BCUT2D eigenvalue weighted by Gasteiger charge is 2.21. The zero-order chi connectivity index (χ0) is 21.3. The lowest BCUT2D eigenvalue weighted by Gasteiger charge is -2.16. The van der Waals surface area contributed by atoms with Crippen molar-refractivity contribution in [1.29, 1.82) is 0 Å². The van der Waals surface area contributed by atoms with Gasteiger partial charge in [0, 0.05) is 43.1 Å². The van der Waals surface area contributed by atoms with Crippen LogP contribution in [-0.2, 0) is 13.5 Å². The summed E-state index contributed by atoms with van der Waals surface area (Å²) in [5, 5.41) is 34.7. The van der Waals surface area contributed by atoms with Crippen molar-refractivity contribution in [2.75, 3.05) is 0 Å². The lowest BCUT2D eigenvalue weighted by molar-refractivity contribution is 0.0561. The third-order valence-corrected chi connectivity index (χ3v) is 4.65. The van der Waals surface area contributed by atoms with Gasteiger partial charge in [0.15, 0.2) is 0 Å². The van der Waals surface area contributed by atoms with Gasteiger partial charge in [0.1, 0.15) is 0 Å². The summed E-state index contributed by atoms with van der Waals surface area (Å²) in [6.45, 7) is -2.73. The molecular weight excluding hydrogens is 397 g/mol. The molecule has 4 rings (SSSR count). The smallest absolute Gasteiger partial charge is 0.423 e. The molecule has 30 heavy (non-hydrogen) atoms. The Labute approximate surface area is 169 Å². The van der Waals surface area contributed by atoms with Gasteiger partial charge in [-0.05, 0) is 12.1 Å². The Hall–Kier alpha value is -3.45. The largest absolute Gasteiger partial charge is 0.490 e. The Balaban J connectivity index is 1.69. The minimum absolute atomic E-state index is 0.238. The second kappa shape index (κ2) is 8.12. The minimum atomic E-state index is -2.73. The fourth-order valence-corrected chi connectivity index (χ4v) is 3.09. The minimum Gasteiger partial charge on any atom is -0.423 e. The van der Waals surface area contributed by atoms with Crippen LogP contribution in [0.5, 0.6) is 0 Å². The van der Waals surface area contributed by atoms with Crippen molar-refractivity contribution in [2.24, 2.45) is 7.05 Å². The first-order valence-electron chi connectivity index (χ1n) is 8.95. The summed E-state index contributed by atoms with van der Waals surface area (Å²) in [7, 11) is 0.120. The van der Waals surface area contributed by atoms with Crippen LogP contribution < -0.4 is 5.46 Å². The molecule has 4 heterocycles. The van der Waals surface area contributed by atoms with E-state index in [1.54, 1.807) is 41.1 Å². The maximum atomic E-state index is 12.9. The predicted molar refractivity (Wildman–Crippen MR) is 102 cm³/mol. The van der Waals surface area contributed by atoms with Crippen molar-refractivity contribution < 1.29 is 18.8 Å². The second-order valence-corrected chi connectivity index (χ2v) is 6.63. The van der Waals surface area contributed by atoms with E-state index in [0.717, 1.165) is 11.3 Å². The molecule has 154 valence electrons. The summed E-state index contributed by atoms with van der Waals surface area (Å²) in [5.74, 6) is 0. The van der Waals surface area contributed by atoms with E-state index in [2.05, 4.69) is 25.5 Å². The van der Waals surface area contributed by atoms with E-state index in [1.165, 1.54) is 24.5 Å². The Morgan fingerprint density at radius 1 is 1.10 bits per heavy atom. The molecule has 0 fully saturated rings. The highest BCUT2D eigenvalue weighted by molar-refractivity contribution is 6.58. The quantitative estimate of drug-likeness (QED) is 0.414.